The predicted molar refractivity (Wildman–Crippen MR) is 198 cm³/mol. The van der Waals surface area contributed by atoms with Gasteiger partial charge in [-0.2, -0.15) is 0 Å². The van der Waals surface area contributed by atoms with Crippen molar-refractivity contribution in [1.82, 2.24) is 4.90 Å². The van der Waals surface area contributed by atoms with E-state index in [2.05, 4.69) is 67.3 Å². The second kappa shape index (κ2) is 12.4. The highest BCUT2D eigenvalue weighted by Crippen LogP contribution is 2.78. The molecule has 7 heteroatoms. The number of Topliss-reactive ketones (excluding diaryl/α,β-unsaturated/α-hetero) is 1. The summed E-state index contributed by atoms with van der Waals surface area (Å²) < 4.78 is 5.41. The third kappa shape index (κ3) is 5.06. The summed E-state index contributed by atoms with van der Waals surface area (Å²) >= 11 is 0. The molecule has 0 aliphatic heterocycles. The molecule has 3 fully saturated rings. The van der Waals surface area contributed by atoms with Gasteiger partial charge in [0.05, 0.1) is 31.5 Å². The molecule has 6 aliphatic carbocycles. The number of rotatable bonds is 10. The Hall–Kier alpha value is -3.33. The molecule has 4 N–H and O–H groups in total. The first-order valence-electron chi connectivity index (χ1n) is 18.9. The number of hydrogen-bond acceptors (Lipinski definition) is 7. The lowest BCUT2D eigenvalue weighted by atomic mass is 9.32. The van der Waals surface area contributed by atoms with Crippen molar-refractivity contribution < 1.29 is 30.0 Å². The largest absolute Gasteiger partial charge is 0.497 e. The van der Waals surface area contributed by atoms with Crippen LogP contribution in [0.1, 0.15) is 74.7 Å². The highest BCUT2D eigenvalue weighted by molar-refractivity contribution is 6.10. The van der Waals surface area contributed by atoms with E-state index in [4.69, 9.17) is 4.74 Å². The van der Waals surface area contributed by atoms with E-state index >= 15 is 0 Å². The van der Waals surface area contributed by atoms with Crippen molar-refractivity contribution in [3.63, 3.8) is 0 Å². The molecule has 0 saturated heterocycles. The standard InChI is InChI=1S/C44H53NO6/c1-40-18-15-32(47)23-42(40)21-22-44(36(24-42)39(49)30-11-13-34(51-3)14-12-30)37(40)16-19-41(2)38(44)17-20-43(41,50)28-45(26-33(48)27-46)25-31-9-6-8-29-7-4-5-10-35(29)31/h4-14,21-22,24,32-33,37-38,46-48,50H,15-20,23,25-28H2,1-3H3. The third-order valence-corrected chi connectivity index (χ3v) is 14.7. The first-order chi connectivity index (χ1) is 24.4. The van der Waals surface area contributed by atoms with Crippen LogP contribution in [-0.4, -0.2) is 75.7 Å². The van der Waals surface area contributed by atoms with Crippen LogP contribution < -0.4 is 4.74 Å². The number of benzene rings is 3. The fourth-order valence-electron chi connectivity index (χ4n) is 12.1. The van der Waals surface area contributed by atoms with Crippen molar-refractivity contribution in [3.05, 3.63) is 102 Å². The van der Waals surface area contributed by atoms with E-state index in [1.54, 1.807) is 7.11 Å². The van der Waals surface area contributed by atoms with Crippen molar-refractivity contribution in [1.29, 1.82) is 0 Å². The predicted octanol–water partition coefficient (Wildman–Crippen LogP) is 6.48. The summed E-state index contributed by atoms with van der Waals surface area (Å²) in [5.41, 5.74) is -0.0970. The van der Waals surface area contributed by atoms with E-state index in [9.17, 15) is 25.2 Å². The van der Waals surface area contributed by atoms with Crippen molar-refractivity contribution >= 4 is 16.6 Å². The Bertz CT molecular complexity index is 1880. The number of aliphatic hydroxyl groups excluding tert-OH is 3. The maximum absolute atomic E-state index is 14.9. The number of aliphatic hydroxyl groups is 4. The summed E-state index contributed by atoms with van der Waals surface area (Å²) in [4.78, 5) is 17.0. The van der Waals surface area contributed by atoms with E-state index in [0.717, 1.165) is 54.0 Å². The minimum absolute atomic E-state index is 0.0163. The van der Waals surface area contributed by atoms with Gasteiger partial charge in [-0.1, -0.05) is 74.5 Å². The number of allylic oxidation sites excluding steroid dienone is 4. The molecule has 0 heterocycles. The Balaban J connectivity index is 1.19. The number of carbonyl (C=O) groups is 1. The molecule has 2 bridgehead atoms. The van der Waals surface area contributed by atoms with Crippen molar-refractivity contribution in [2.75, 3.05) is 26.8 Å². The van der Waals surface area contributed by atoms with Gasteiger partial charge < -0.3 is 25.2 Å². The average molecular weight is 692 g/mol. The summed E-state index contributed by atoms with van der Waals surface area (Å²) in [6.45, 7) is 5.42. The van der Waals surface area contributed by atoms with Gasteiger partial charge in [0.25, 0.3) is 0 Å². The van der Waals surface area contributed by atoms with E-state index in [1.165, 1.54) is 0 Å². The number of methoxy groups -OCH3 is 1. The number of nitrogens with zero attached hydrogens (tertiary/aromatic N) is 1. The van der Waals surface area contributed by atoms with Crippen LogP contribution in [0, 0.1) is 33.5 Å². The first-order valence-corrected chi connectivity index (χ1v) is 18.9. The molecule has 270 valence electrons. The zero-order valence-corrected chi connectivity index (χ0v) is 30.2. The summed E-state index contributed by atoms with van der Waals surface area (Å²) in [6, 6.07) is 22.0. The van der Waals surface area contributed by atoms with Crippen LogP contribution in [0.4, 0.5) is 0 Å². The van der Waals surface area contributed by atoms with E-state index in [0.29, 0.717) is 37.2 Å². The van der Waals surface area contributed by atoms with Crippen LogP contribution in [0.25, 0.3) is 10.8 Å². The molecule has 0 radical (unpaired) electrons. The molecule has 9 atom stereocenters. The minimum Gasteiger partial charge on any atom is -0.497 e. The molecular formula is C44H53NO6. The quantitative estimate of drug-likeness (QED) is 0.142. The third-order valence-electron chi connectivity index (χ3n) is 14.7. The lowest BCUT2D eigenvalue weighted by Crippen LogP contribution is -2.67. The molecule has 9 rings (SSSR count). The van der Waals surface area contributed by atoms with E-state index in [-0.39, 0.29) is 36.2 Å². The van der Waals surface area contributed by atoms with Gasteiger partial charge in [-0.15, -0.1) is 0 Å². The molecule has 3 aromatic rings. The SMILES string of the molecule is COc1ccc(C(=O)C2=CC34C=CC25C(CCC2(C)C5CCC2(O)CN(Cc2cccc5ccccc25)CC(O)CO)C3(C)CCC(O)C4)cc1. The van der Waals surface area contributed by atoms with E-state index < -0.39 is 34.1 Å². The lowest BCUT2D eigenvalue weighted by molar-refractivity contribution is -0.177. The van der Waals surface area contributed by atoms with Gasteiger partial charge in [-0.3, -0.25) is 9.69 Å². The fraction of sp³-hybridized carbons (Fsp3) is 0.523. The first kappa shape index (κ1) is 34.7. The van der Waals surface area contributed by atoms with Gasteiger partial charge in [0.1, 0.15) is 5.75 Å². The molecule has 2 spiro atoms. The van der Waals surface area contributed by atoms with Crippen LogP contribution in [-0.2, 0) is 6.54 Å². The van der Waals surface area contributed by atoms with Crippen molar-refractivity contribution in [2.45, 2.75) is 83.1 Å². The topological polar surface area (TPSA) is 110 Å². The highest BCUT2D eigenvalue weighted by Gasteiger charge is 2.74. The lowest BCUT2D eigenvalue weighted by Gasteiger charge is -2.71. The molecular weight excluding hydrogens is 638 g/mol. The minimum atomic E-state index is -1.09. The summed E-state index contributed by atoms with van der Waals surface area (Å²) in [5, 5.41) is 47.1. The zero-order valence-electron chi connectivity index (χ0n) is 30.2. The van der Waals surface area contributed by atoms with Gasteiger partial charge in [0.15, 0.2) is 5.78 Å². The smallest absolute Gasteiger partial charge is 0.189 e. The molecule has 7 nitrogen and oxygen atoms in total. The second-order valence-electron chi connectivity index (χ2n) is 17.0. The summed E-state index contributed by atoms with van der Waals surface area (Å²) in [7, 11) is 1.62. The normalized spacial score (nSPS) is 37.1. The van der Waals surface area contributed by atoms with Crippen LogP contribution in [0.15, 0.2) is 90.5 Å². The number of ether oxygens (including phenoxy) is 1. The number of carbonyl (C=O) groups excluding carboxylic acids is 1. The molecule has 0 amide bonds. The molecule has 6 aliphatic rings. The highest BCUT2D eigenvalue weighted by atomic mass is 16.5. The van der Waals surface area contributed by atoms with Crippen LogP contribution >= 0.6 is 0 Å². The van der Waals surface area contributed by atoms with Crippen LogP contribution in [0.5, 0.6) is 5.75 Å². The Morgan fingerprint density at radius 3 is 2.39 bits per heavy atom. The van der Waals surface area contributed by atoms with Gasteiger partial charge in [0, 0.05) is 47.0 Å². The van der Waals surface area contributed by atoms with Crippen molar-refractivity contribution in [2.24, 2.45) is 33.5 Å². The Morgan fingerprint density at radius 1 is 0.922 bits per heavy atom. The molecule has 9 unspecified atom stereocenters. The Morgan fingerprint density at radius 2 is 1.63 bits per heavy atom. The van der Waals surface area contributed by atoms with Gasteiger partial charge in [0.2, 0.25) is 0 Å². The second-order valence-corrected chi connectivity index (χ2v) is 17.0. The van der Waals surface area contributed by atoms with Crippen molar-refractivity contribution in [3.8, 4) is 5.75 Å². The molecule has 3 saturated carbocycles. The summed E-state index contributed by atoms with van der Waals surface area (Å²) in [5.74, 6) is 0.946. The maximum Gasteiger partial charge on any atom is 0.189 e. The van der Waals surface area contributed by atoms with E-state index in [1.807, 2.05) is 36.4 Å². The summed E-state index contributed by atoms with van der Waals surface area (Å²) in [6.07, 6.45) is 11.0. The molecule has 0 aromatic heterocycles. The monoisotopic (exact) mass is 691 g/mol. The molecule has 51 heavy (non-hydrogen) atoms. The number of fused-ring (bicyclic) bond motifs is 2. The van der Waals surface area contributed by atoms with Crippen LogP contribution in [0.2, 0.25) is 0 Å². The Labute approximate surface area is 301 Å². The van der Waals surface area contributed by atoms with Gasteiger partial charge in [-0.25, -0.2) is 0 Å². The fourth-order valence-corrected chi connectivity index (χ4v) is 12.1. The maximum atomic E-state index is 14.9. The zero-order chi connectivity index (χ0) is 35.8. The number of hydrogen-bond donors (Lipinski definition) is 4. The van der Waals surface area contributed by atoms with Crippen LogP contribution in [0.3, 0.4) is 0 Å². The number of ketones is 1. The Kier molecular flexibility index (Phi) is 8.43. The average Bonchev–Trinajstić information content (AvgIpc) is 3.40. The van der Waals surface area contributed by atoms with Gasteiger partial charge in [-0.05, 0) is 103 Å². The van der Waals surface area contributed by atoms with Gasteiger partial charge >= 0.3 is 0 Å². The molecule has 3 aromatic carbocycles.